The standard InChI is InChI=1S/C36H58NO3/c1-6-7-8-9-10-11-12-13-14-15-16-20-25-34-26-21-22-27-35(34)39-32(3)40-36(38)31(2)28-29-37(4,5)30-33-23-18-17-19-24-33/h17-19,21-24,26-27,31-32H,6-16,20,25,28-30H2,1-5H3/q+1. The molecule has 40 heavy (non-hydrogen) atoms. The maximum atomic E-state index is 12.8. The van der Waals surface area contributed by atoms with Gasteiger partial charge in [-0.25, -0.2) is 0 Å². The zero-order valence-electron chi connectivity index (χ0n) is 26.3. The van der Waals surface area contributed by atoms with Gasteiger partial charge in [0.1, 0.15) is 12.3 Å². The topological polar surface area (TPSA) is 35.5 Å². The second-order valence-electron chi connectivity index (χ2n) is 12.4. The van der Waals surface area contributed by atoms with Gasteiger partial charge in [0.15, 0.2) is 0 Å². The first kappa shape index (κ1) is 33.9. The molecule has 0 spiro atoms. The van der Waals surface area contributed by atoms with Crippen LogP contribution in [-0.2, 0) is 22.5 Å². The molecule has 0 saturated heterocycles. The van der Waals surface area contributed by atoms with Gasteiger partial charge in [-0.1, -0.05) is 133 Å². The zero-order chi connectivity index (χ0) is 29.1. The minimum atomic E-state index is -0.607. The number of hydrogen-bond acceptors (Lipinski definition) is 3. The van der Waals surface area contributed by atoms with Crippen LogP contribution in [0.4, 0.5) is 0 Å². The van der Waals surface area contributed by atoms with Crippen molar-refractivity contribution in [2.45, 2.75) is 123 Å². The number of rotatable bonds is 22. The van der Waals surface area contributed by atoms with E-state index in [4.69, 9.17) is 9.47 Å². The summed E-state index contributed by atoms with van der Waals surface area (Å²) >= 11 is 0. The van der Waals surface area contributed by atoms with Gasteiger partial charge in [-0.3, -0.25) is 4.79 Å². The molecule has 2 aromatic carbocycles. The number of aryl methyl sites for hydroxylation is 1. The summed E-state index contributed by atoms with van der Waals surface area (Å²) in [6.07, 6.45) is 17.4. The summed E-state index contributed by atoms with van der Waals surface area (Å²) in [5.41, 5.74) is 2.51. The van der Waals surface area contributed by atoms with Gasteiger partial charge in [-0.2, -0.15) is 0 Å². The minimum absolute atomic E-state index is 0.171. The summed E-state index contributed by atoms with van der Waals surface area (Å²) in [5.74, 6) is 0.473. The summed E-state index contributed by atoms with van der Waals surface area (Å²) < 4.78 is 12.6. The van der Waals surface area contributed by atoms with Crippen LogP contribution in [0.25, 0.3) is 0 Å². The van der Waals surface area contributed by atoms with Crippen molar-refractivity contribution in [3.05, 3.63) is 65.7 Å². The van der Waals surface area contributed by atoms with E-state index in [-0.39, 0.29) is 11.9 Å². The van der Waals surface area contributed by atoms with E-state index < -0.39 is 6.29 Å². The van der Waals surface area contributed by atoms with E-state index in [1.807, 2.05) is 32.0 Å². The highest BCUT2D eigenvalue weighted by atomic mass is 16.7. The number of carbonyl (C=O) groups is 1. The molecule has 2 atom stereocenters. The summed E-state index contributed by atoms with van der Waals surface area (Å²) in [6.45, 7) is 7.90. The lowest BCUT2D eigenvalue weighted by Gasteiger charge is -2.31. The largest absolute Gasteiger partial charge is 0.455 e. The normalized spacial score (nSPS) is 13.1. The third kappa shape index (κ3) is 14.9. The number of unbranched alkanes of at least 4 members (excludes halogenated alkanes) is 11. The number of carbonyl (C=O) groups excluding carboxylic acids is 1. The molecule has 4 nitrogen and oxygen atoms in total. The Kier molecular flexibility index (Phi) is 16.7. The van der Waals surface area contributed by atoms with Gasteiger partial charge in [0, 0.05) is 18.9 Å². The molecule has 4 heteroatoms. The van der Waals surface area contributed by atoms with Crippen molar-refractivity contribution < 1.29 is 18.8 Å². The molecular weight excluding hydrogens is 494 g/mol. The van der Waals surface area contributed by atoms with E-state index in [0.29, 0.717) is 0 Å². The highest BCUT2D eigenvalue weighted by Crippen LogP contribution is 2.23. The van der Waals surface area contributed by atoms with Crippen LogP contribution < -0.4 is 4.74 Å². The third-order valence-electron chi connectivity index (χ3n) is 7.87. The summed E-state index contributed by atoms with van der Waals surface area (Å²) in [7, 11) is 4.42. The number of benzene rings is 2. The lowest BCUT2D eigenvalue weighted by Crippen LogP contribution is -2.41. The fourth-order valence-electron chi connectivity index (χ4n) is 5.28. The van der Waals surface area contributed by atoms with Crippen LogP contribution in [0, 0.1) is 5.92 Å². The molecule has 0 aromatic heterocycles. The smallest absolute Gasteiger partial charge is 0.311 e. The first-order valence-corrected chi connectivity index (χ1v) is 16.1. The van der Waals surface area contributed by atoms with E-state index in [2.05, 4.69) is 57.4 Å². The summed E-state index contributed by atoms with van der Waals surface area (Å²) in [6, 6.07) is 18.7. The van der Waals surface area contributed by atoms with Gasteiger partial charge < -0.3 is 14.0 Å². The first-order chi connectivity index (χ1) is 19.3. The molecule has 2 unspecified atom stereocenters. The fraction of sp³-hybridized carbons (Fsp3) is 0.639. The van der Waals surface area contributed by atoms with Crippen molar-refractivity contribution in [2.24, 2.45) is 5.92 Å². The molecule has 0 aliphatic heterocycles. The number of para-hydroxylation sites is 1. The van der Waals surface area contributed by atoms with Crippen LogP contribution in [0.15, 0.2) is 54.6 Å². The van der Waals surface area contributed by atoms with Crippen LogP contribution in [0.3, 0.4) is 0 Å². The second kappa shape index (κ2) is 19.7. The lowest BCUT2D eigenvalue weighted by atomic mass is 10.0. The van der Waals surface area contributed by atoms with Gasteiger partial charge in [-0.15, -0.1) is 0 Å². The second-order valence-corrected chi connectivity index (χ2v) is 12.4. The fourth-order valence-corrected chi connectivity index (χ4v) is 5.28. The molecule has 0 aliphatic rings. The Hall–Kier alpha value is -2.33. The van der Waals surface area contributed by atoms with Crippen molar-refractivity contribution >= 4 is 5.97 Å². The van der Waals surface area contributed by atoms with Crippen molar-refractivity contribution in [3.8, 4) is 5.75 Å². The van der Waals surface area contributed by atoms with Gasteiger partial charge in [-0.05, 0) is 24.5 Å². The minimum Gasteiger partial charge on any atom is -0.455 e. The molecule has 0 amide bonds. The molecule has 0 bridgehead atoms. The molecule has 0 radical (unpaired) electrons. The third-order valence-corrected chi connectivity index (χ3v) is 7.87. The van der Waals surface area contributed by atoms with E-state index in [1.165, 1.54) is 88.2 Å². The number of hydrogen-bond donors (Lipinski definition) is 0. The molecule has 2 rings (SSSR count). The van der Waals surface area contributed by atoms with E-state index >= 15 is 0 Å². The van der Waals surface area contributed by atoms with Crippen molar-refractivity contribution in [3.63, 3.8) is 0 Å². The van der Waals surface area contributed by atoms with E-state index in [0.717, 1.165) is 36.2 Å². The number of nitrogens with zero attached hydrogens (tertiary/aromatic N) is 1. The molecule has 2 aromatic rings. The molecule has 0 N–H and O–H groups in total. The summed E-state index contributed by atoms with van der Waals surface area (Å²) in [4.78, 5) is 12.8. The van der Waals surface area contributed by atoms with Gasteiger partial charge in [0.25, 0.3) is 0 Å². The highest BCUT2D eigenvalue weighted by Gasteiger charge is 2.23. The van der Waals surface area contributed by atoms with Crippen LogP contribution in [0.5, 0.6) is 5.75 Å². The Morgan fingerprint density at radius 2 is 1.30 bits per heavy atom. The van der Waals surface area contributed by atoms with Crippen molar-refractivity contribution in [1.82, 2.24) is 0 Å². The average molecular weight is 553 g/mol. The number of quaternary nitrogens is 1. The Labute approximate surface area is 246 Å². The quantitative estimate of drug-likeness (QED) is 0.0631. The Balaban J connectivity index is 1.64. The molecule has 0 saturated carbocycles. The monoisotopic (exact) mass is 552 g/mol. The SMILES string of the molecule is CCCCCCCCCCCCCCc1ccccc1OC(C)OC(=O)C(C)CC[N+](C)(C)Cc1ccccc1. The first-order valence-electron chi connectivity index (χ1n) is 16.1. The molecular formula is C36H58NO3+. The number of ether oxygens (including phenoxy) is 2. The van der Waals surface area contributed by atoms with Crippen LogP contribution >= 0.6 is 0 Å². The highest BCUT2D eigenvalue weighted by molar-refractivity contribution is 5.72. The van der Waals surface area contributed by atoms with Crippen LogP contribution in [0.2, 0.25) is 0 Å². The molecule has 0 heterocycles. The summed E-state index contributed by atoms with van der Waals surface area (Å²) in [5, 5.41) is 0. The Morgan fingerprint density at radius 1 is 0.750 bits per heavy atom. The molecule has 224 valence electrons. The Bertz CT molecular complexity index is 927. The zero-order valence-corrected chi connectivity index (χ0v) is 26.3. The predicted octanol–water partition coefficient (Wildman–Crippen LogP) is 9.50. The molecule has 0 fully saturated rings. The molecule has 0 aliphatic carbocycles. The van der Waals surface area contributed by atoms with Crippen LogP contribution in [0.1, 0.15) is 115 Å². The van der Waals surface area contributed by atoms with Crippen LogP contribution in [-0.4, -0.2) is 37.4 Å². The van der Waals surface area contributed by atoms with Gasteiger partial charge in [0.2, 0.25) is 6.29 Å². The van der Waals surface area contributed by atoms with Gasteiger partial charge in [0.05, 0.1) is 26.6 Å². The van der Waals surface area contributed by atoms with Gasteiger partial charge >= 0.3 is 5.97 Å². The lowest BCUT2D eigenvalue weighted by molar-refractivity contribution is -0.904. The average Bonchev–Trinajstić information content (AvgIpc) is 2.93. The number of esters is 1. The maximum Gasteiger partial charge on any atom is 0.311 e. The van der Waals surface area contributed by atoms with Crippen molar-refractivity contribution in [1.29, 1.82) is 0 Å². The predicted molar refractivity (Wildman–Crippen MR) is 168 cm³/mol. The van der Waals surface area contributed by atoms with E-state index in [1.54, 1.807) is 0 Å². The van der Waals surface area contributed by atoms with Crippen molar-refractivity contribution in [2.75, 3.05) is 20.6 Å². The maximum absolute atomic E-state index is 12.8. The van der Waals surface area contributed by atoms with E-state index in [9.17, 15) is 4.79 Å². The Morgan fingerprint density at radius 3 is 1.93 bits per heavy atom.